The number of imide groups is 1. The summed E-state index contributed by atoms with van der Waals surface area (Å²) in [5, 5.41) is 5.57. The number of benzene rings is 1. The summed E-state index contributed by atoms with van der Waals surface area (Å²) < 4.78 is 5.21. The number of esters is 1. The fraction of sp³-hybridized carbons (Fsp3) is 0.565. The summed E-state index contributed by atoms with van der Waals surface area (Å²) in [6.07, 6.45) is 5.41. The number of carbonyl (C=O) groups is 4. The van der Waals surface area contributed by atoms with Gasteiger partial charge in [0.25, 0.3) is 11.8 Å². The fourth-order valence-corrected chi connectivity index (χ4v) is 4.95. The molecule has 1 aliphatic heterocycles. The lowest BCUT2D eigenvalue weighted by molar-refractivity contribution is -0.155. The van der Waals surface area contributed by atoms with E-state index in [4.69, 9.17) is 4.74 Å². The largest absolute Gasteiger partial charge is 0.451 e. The molecule has 1 spiro atoms. The first-order valence-electron chi connectivity index (χ1n) is 11.1. The molecule has 1 aromatic rings. The van der Waals surface area contributed by atoms with Gasteiger partial charge in [-0.15, -0.1) is 0 Å². The van der Waals surface area contributed by atoms with Crippen molar-refractivity contribution in [2.75, 3.05) is 11.9 Å². The fourth-order valence-electron chi connectivity index (χ4n) is 4.95. The smallest absolute Gasteiger partial charge is 0.327 e. The minimum atomic E-state index is -1.05. The van der Waals surface area contributed by atoms with Gasteiger partial charge in [0.05, 0.1) is 0 Å². The van der Waals surface area contributed by atoms with Crippen LogP contribution < -0.4 is 10.6 Å². The molecular formula is C23H29N3O5. The molecule has 3 atom stereocenters. The zero-order valence-electron chi connectivity index (χ0n) is 18.0. The second kappa shape index (κ2) is 8.32. The molecule has 0 radical (unpaired) electrons. The van der Waals surface area contributed by atoms with Gasteiger partial charge in [0, 0.05) is 5.69 Å². The summed E-state index contributed by atoms with van der Waals surface area (Å²) in [4.78, 5) is 51.1. The van der Waals surface area contributed by atoms with Gasteiger partial charge in [-0.3, -0.25) is 19.3 Å². The van der Waals surface area contributed by atoms with Crippen molar-refractivity contribution in [2.45, 2.75) is 70.4 Å². The van der Waals surface area contributed by atoms with E-state index in [0.29, 0.717) is 12.1 Å². The van der Waals surface area contributed by atoms with Gasteiger partial charge >= 0.3 is 12.0 Å². The third-order valence-corrected chi connectivity index (χ3v) is 6.83. The lowest BCUT2D eigenvalue weighted by Gasteiger charge is -2.36. The van der Waals surface area contributed by atoms with Crippen molar-refractivity contribution >= 4 is 29.5 Å². The van der Waals surface area contributed by atoms with Gasteiger partial charge in [-0.05, 0) is 68.2 Å². The van der Waals surface area contributed by atoms with Crippen LogP contribution in [0.4, 0.5) is 10.5 Å². The molecule has 166 valence electrons. The summed E-state index contributed by atoms with van der Waals surface area (Å²) in [7, 11) is 0. The highest BCUT2D eigenvalue weighted by atomic mass is 16.5. The molecule has 0 unspecified atom stereocenters. The monoisotopic (exact) mass is 427 g/mol. The van der Waals surface area contributed by atoms with Crippen molar-refractivity contribution in [3.05, 3.63) is 29.3 Å². The molecule has 3 aliphatic rings. The zero-order valence-corrected chi connectivity index (χ0v) is 18.0. The predicted molar refractivity (Wildman–Crippen MR) is 113 cm³/mol. The second-order valence-electron chi connectivity index (χ2n) is 8.90. The Kier molecular flexibility index (Phi) is 5.73. The third-order valence-electron chi connectivity index (χ3n) is 6.83. The first-order valence-corrected chi connectivity index (χ1v) is 11.1. The number of anilines is 1. The van der Waals surface area contributed by atoms with Gasteiger partial charge in [-0.1, -0.05) is 25.8 Å². The maximum atomic E-state index is 12.9. The van der Waals surface area contributed by atoms with Crippen molar-refractivity contribution in [1.29, 1.82) is 0 Å². The molecular weight excluding hydrogens is 398 g/mol. The number of amides is 4. The minimum absolute atomic E-state index is 0.00995. The number of ether oxygens (including phenoxy) is 1. The number of urea groups is 1. The molecule has 1 aromatic carbocycles. The van der Waals surface area contributed by atoms with E-state index < -0.39 is 36.1 Å². The highest BCUT2D eigenvalue weighted by molar-refractivity contribution is 6.09. The van der Waals surface area contributed by atoms with E-state index in [2.05, 4.69) is 10.6 Å². The molecule has 8 nitrogen and oxygen atoms in total. The average molecular weight is 428 g/mol. The molecule has 4 amide bonds. The first-order chi connectivity index (χ1) is 14.8. The van der Waals surface area contributed by atoms with Crippen LogP contribution in [-0.4, -0.2) is 46.9 Å². The van der Waals surface area contributed by atoms with E-state index in [1.807, 2.05) is 25.1 Å². The lowest BCUT2D eigenvalue weighted by atomic mass is 9.73. The Balaban J connectivity index is 1.33. The lowest BCUT2D eigenvalue weighted by Crippen LogP contribution is -2.54. The van der Waals surface area contributed by atoms with Crippen LogP contribution in [0.5, 0.6) is 0 Å². The molecule has 0 aromatic heterocycles. The third kappa shape index (κ3) is 4.03. The van der Waals surface area contributed by atoms with E-state index in [9.17, 15) is 19.2 Å². The number of aryl methyl sites for hydroxylation is 2. The molecule has 4 rings (SSSR count). The molecule has 2 fully saturated rings. The second-order valence-corrected chi connectivity index (χ2v) is 8.90. The molecule has 0 bridgehead atoms. The Morgan fingerprint density at radius 1 is 1.23 bits per heavy atom. The number of rotatable bonds is 5. The van der Waals surface area contributed by atoms with Crippen LogP contribution in [0.3, 0.4) is 0 Å². The van der Waals surface area contributed by atoms with Crippen LogP contribution in [-0.2, 0) is 32.0 Å². The Morgan fingerprint density at radius 3 is 2.77 bits per heavy atom. The Morgan fingerprint density at radius 2 is 2.00 bits per heavy atom. The zero-order chi connectivity index (χ0) is 22.2. The number of nitrogens with zero attached hydrogens (tertiary/aromatic N) is 1. The molecule has 2 aliphatic carbocycles. The first kappa shape index (κ1) is 21.3. The van der Waals surface area contributed by atoms with E-state index >= 15 is 0 Å². The normalized spacial score (nSPS) is 25.9. The standard InChI is InChI=1S/C23H29N3O5/c1-14-6-3-4-11-23(14)21(29)26(22(30)25-23)13-19(27)31-15(2)20(28)24-18-10-9-16-7-5-8-17(16)12-18/h9-10,12,14-15H,3-8,11,13H2,1-2H3,(H,24,28)(H,25,30)/t14-,15-,23+/m0/s1. The average Bonchev–Trinajstić information content (AvgIpc) is 3.28. The van der Waals surface area contributed by atoms with Crippen LogP contribution in [0, 0.1) is 5.92 Å². The Hall–Kier alpha value is -2.90. The van der Waals surface area contributed by atoms with Gasteiger partial charge in [0.1, 0.15) is 12.1 Å². The minimum Gasteiger partial charge on any atom is -0.451 e. The summed E-state index contributed by atoms with van der Waals surface area (Å²) in [6.45, 7) is 2.91. The molecule has 1 saturated carbocycles. The van der Waals surface area contributed by atoms with E-state index in [0.717, 1.165) is 43.4 Å². The highest BCUT2D eigenvalue weighted by Gasteiger charge is 2.55. The van der Waals surface area contributed by atoms with Crippen molar-refractivity contribution in [2.24, 2.45) is 5.92 Å². The molecule has 31 heavy (non-hydrogen) atoms. The van der Waals surface area contributed by atoms with Crippen LogP contribution >= 0.6 is 0 Å². The summed E-state index contributed by atoms with van der Waals surface area (Å²) in [5.41, 5.74) is 2.27. The SMILES string of the molecule is C[C@H](OC(=O)CN1C(=O)N[C@@]2(CCCC[C@@H]2C)C1=O)C(=O)Nc1ccc2c(c1)CCC2. The van der Waals surface area contributed by atoms with Crippen LogP contribution in [0.1, 0.15) is 57.1 Å². The maximum Gasteiger partial charge on any atom is 0.327 e. The summed E-state index contributed by atoms with van der Waals surface area (Å²) in [6, 6.07) is 5.22. The maximum absolute atomic E-state index is 12.9. The van der Waals surface area contributed by atoms with Crippen molar-refractivity contribution in [3.8, 4) is 0 Å². The van der Waals surface area contributed by atoms with Gasteiger partial charge in [0.15, 0.2) is 6.10 Å². The quantitative estimate of drug-likeness (QED) is 0.555. The molecule has 1 heterocycles. The van der Waals surface area contributed by atoms with E-state index in [1.165, 1.54) is 18.1 Å². The topological polar surface area (TPSA) is 105 Å². The van der Waals surface area contributed by atoms with Gasteiger partial charge in [-0.25, -0.2) is 4.79 Å². The number of nitrogens with one attached hydrogen (secondary N) is 2. The van der Waals surface area contributed by atoms with Crippen molar-refractivity contribution in [1.82, 2.24) is 10.2 Å². The molecule has 2 N–H and O–H groups in total. The van der Waals surface area contributed by atoms with Gasteiger partial charge in [-0.2, -0.15) is 0 Å². The predicted octanol–water partition coefficient (Wildman–Crippen LogP) is 2.55. The summed E-state index contributed by atoms with van der Waals surface area (Å²) in [5.74, 6) is -1.62. The van der Waals surface area contributed by atoms with Crippen LogP contribution in [0.25, 0.3) is 0 Å². The highest BCUT2D eigenvalue weighted by Crippen LogP contribution is 2.38. The van der Waals surface area contributed by atoms with E-state index in [-0.39, 0.29) is 11.8 Å². The van der Waals surface area contributed by atoms with Crippen molar-refractivity contribution < 1.29 is 23.9 Å². The Labute approximate surface area is 181 Å². The van der Waals surface area contributed by atoms with E-state index in [1.54, 1.807) is 0 Å². The van der Waals surface area contributed by atoms with Gasteiger partial charge < -0.3 is 15.4 Å². The van der Waals surface area contributed by atoms with Crippen molar-refractivity contribution in [3.63, 3.8) is 0 Å². The number of hydrogen-bond acceptors (Lipinski definition) is 5. The number of hydrogen-bond donors (Lipinski definition) is 2. The number of fused-ring (bicyclic) bond motifs is 1. The summed E-state index contributed by atoms with van der Waals surface area (Å²) >= 11 is 0. The molecule has 1 saturated heterocycles. The molecule has 8 heteroatoms. The van der Waals surface area contributed by atoms with Gasteiger partial charge in [0.2, 0.25) is 0 Å². The van der Waals surface area contributed by atoms with Crippen LogP contribution in [0.2, 0.25) is 0 Å². The van der Waals surface area contributed by atoms with Crippen LogP contribution in [0.15, 0.2) is 18.2 Å². The number of carbonyl (C=O) groups excluding carboxylic acids is 4. The Bertz CT molecular complexity index is 930.